The van der Waals surface area contributed by atoms with Crippen LogP contribution in [0.2, 0.25) is 0 Å². The molecule has 2 rings (SSSR count). The van der Waals surface area contributed by atoms with Gasteiger partial charge in [0.05, 0.1) is 0 Å². The van der Waals surface area contributed by atoms with Gasteiger partial charge in [0.15, 0.2) is 0 Å². The van der Waals surface area contributed by atoms with Crippen molar-refractivity contribution in [2.45, 2.75) is 20.5 Å². The van der Waals surface area contributed by atoms with Gasteiger partial charge in [-0.25, -0.2) is 0 Å². The van der Waals surface area contributed by atoms with Crippen molar-refractivity contribution in [3.8, 4) is 5.75 Å². The highest BCUT2D eigenvalue weighted by Crippen LogP contribution is 2.18. The van der Waals surface area contributed by atoms with Gasteiger partial charge in [-0.3, -0.25) is 0 Å². The SMILES string of the molecule is Cc1cccc(C)c1COc1cccc(C(N)=S)c1. The van der Waals surface area contributed by atoms with Crippen LogP contribution >= 0.6 is 12.2 Å². The van der Waals surface area contributed by atoms with Gasteiger partial charge < -0.3 is 10.5 Å². The quantitative estimate of drug-likeness (QED) is 0.864. The molecule has 0 aliphatic carbocycles. The molecule has 98 valence electrons. The number of benzene rings is 2. The Morgan fingerprint density at radius 1 is 1.11 bits per heavy atom. The molecule has 0 saturated carbocycles. The van der Waals surface area contributed by atoms with E-state index in [4.69, 9.17) is 22.7 Å². The first-order chi connectivity index (χ1) is 9.08. The summed E-state index contributed by atoms with van der Waals surface area (Å²) in [5, 5.41) is 0. The lowest BCUT2D eigenvalue weighted by atomic mass is 10.0. The molecule has 0 heterocycles. The van der Waals surface area contributed by atoms with Gasteiger partial charge in [0, 0.05) is 5.56 Å². The number of aryl methyl sites for hydroxylation is 2. The molecule has 2 aromatic rings. The molecule has 0 spiro atoms. The largest absolute Gasteiger partial charge is 0.489 e. The molecule has 0 amide bonds. The fraction of sp³-hybridized carbons (Fsp3) is 0.188. The third-order valence-corrected chi connectivity index (χ3v) is 3.38. The molecule has 19 heavy (non-hydrogen) atoms. The van der Waals surface area contributed by atoms with Gasteiger partial charge in [-0.15, -0.1) is 0 Å². The monoisotopic (exact) mass is 271 g/mol. The van der Waals surface area contributed by atoms with E-state index in [0.717, 1.165) is 11.3 Å². The van der Waals surface area contributed by atoms with Gasteiger partial charge in [0.2, 0.25) is 0 Å². The van der Waals surface area contributed by atoms with Gasteiger partial charge in [0.25, 0.3) is 0 Å². The highest BCUT2D eigenvalue weighted by Gasteiger charge is 2.04. The summed E-state index contributed by atoms with van der Waals surface area (Å²) in [6.45, 7) is 4.74. The minimum absolute atomic E-state index is 0.387. The Balaban J connectivity index is 2.15. The fourth-order valence-electron chi connectivity index (χ4n) is 1.97. The molecule has 3 heteroatoms. The number of hydrogen-bond acceptors (Lipinski definition) is 2. The summed E-state index contributed by atoms with van der Waals surface area (Å²) in [6, 6.07) is 13.8. The minimum Gasteiger partial charge on any atom is -0.489 e. The maximum absolute atomic E-state index is 5.83. The lowest BCUT2D eigenvalue weighted by Crippen LogP contribution is -2.09. The summed E-state index contributed by atoms with van der Waals surface area (Å²) in [6.07, 6.45) is 0. The molecule has 0 aliphatic heterocycles. The van der Waals surface area contributed by atoms with Gasteiger partial charge in [0.1, 0.15) is 17.3 Å². The second kappa shape index (κ2) is 5.85. The molecule has 0 aliphatic rings. The second-order valence-electron chi connectivity index (χ2n) is 4.55. The fourth-order valence-corrected chi connectivity index (χ4v) is 2.10. The molecule has 0 unspecified atom stereocenters. The molecule has 0 atom stereocenters. The van der Waals surface area contributed by atoms with Crippen molar-refractivity contribution in [3.63, 3.8) is 0 Å². The molecule has 2 aromatic carbocycles. The van der Waals surface area contributed by atoms with Crippen molar-refractivity contribution < 1.29 is 4.74 Å². The lowest BCUT2D eigenvalue weighted by molar-refractivity contribution is 0.304. The maximum Gasteiger partial charge on any atom is 0.120 e. The first-order valence-electron chi connectivity index (χ1n) is 6.15. The summed E-state index contributed by atoms with van der Waals surface area (Å²) in [5.74, 6) is 0.785. The van der Waals surface area contributed by atoms with Crippen LogP contribution < -0.4 is 10.5 Å². The summed E-state index contributed by atoms with van der Waals surface area (Å²) < 4.78 is 5.83. The Morgan fingerprint density at radius 3 is 2.37 bits per heavy atom. The second-order valence-corrected chi connectivity index (χ2v) is 4.99. The first kappa shape index (κ1) is 13.6. The Kier molecular flexibility index (Phi) is 4.17. The molecular weight excluding hydrogens is 254 g/mol. The van der Waals surface area contributed by atoms with Gasteiger partial charge in [-0.1, -0.05) is 42.5 Å². The van der Waals surface area contributed by atoms with Crippen LogP contribution in [0, 0.1) is 13.8 Å². The Labute approximate surface area is 119 Å². The summed E-state index contributed by atoms with van der Waals surface area (Å²) in [5.41, 5.74) is 10.1. The van der Waals surface area contributed by atoms with Crippen LogP contribution in [-0.2, 0) is 6.61 Å². The number of hydrogen-bond donors (Lipinski definition) is 1. The maximum atomic E-state index is 5.83. The Hall–Kier alpha value is -1.87. The first-order valence-corrected chi connectivity index (χ1v) is 6.56. The van der Waals surface area contributed by atoms with E-state index in [1.165, 1.54) is 16.7 Å². The van der Waals surface area contributed by atoms with E-state index in [1.807, 2.05) is 24.3 Å². The van der Waals surface area contributed by atoms with Crippen LogP contribution in [0.4, 0.5) is 0 Å². The normalized spacial score (nSPS) is 10.2. The molecule has 0 radical (unpaired) electrons. The number of nitrogens with two attached hydrogens (primary N) is 1. The van der Waals surface area contributed by atoms with Crippen LogP contribution in [0.15, 0.2) is 42.5 Å². The van der Waals surface area contributed by atoms with Gasteiger partial charge in [-0.05, 0) is 42.7 Å². The van der Waals surface area contributed by atoms with Crippen molar-refractivity contribution in [2.24, 2.45) is 5.73 Å². The highest BCUT2D eigenvalue weighted by atomic mass is 32.1. The van der Waals surface area contributed by atoms with E-state index in [2.05, 4.69) is 32.0 Å². The molecule has 0 bridgehead atoms. The van der Waals surface area contributed by atoms with Crippen LogP contribution in [0.3, 0.4) is 0 Å². The molecular formula is C16H17NOS. The van der Waals surface area contributed by atoms with Gasteiger partial charge in [-0.2, -0.15) is 0 Å². The van der Waals surface area contributed by atoms with Crippen molar-refractivity contribution >= 4 is 17.2 Å². The van der Waals surface area contributed by atoms with E-state index in [9.17, 15) is 0 Å². The topological polar surface area (TPSA) is 35.2 Å². The van der Waals surface area contributed by atoms with E-state index >= 15 is 0 Å². The van der Waals surface area contributed by atoms with E-state index in [1.54, 1.807) is 0 Å². The summed E-state index contributed by atoms with van der Waals surface area (Å²) in [4.78, 5) is 0.387. The predicted molar refractivity (Wildman–Crippen MR) is 82.6 cm³/mol. The van der Waals surface area contributed by atoms with E-state index in [-0.39, 0.29) is 0 Å². The molecule has 0 aromatic heterocycles. The predicted octanol–water partition coefficient (Wildman–Crippen LogP) is 3.52. The van der Waals surface area contributed by atoms with Crippen molar-refractivity contribution in [1.29, 1.82) is 0 Å². The Bertz CT molecular complexity index is 587. The van der Waals surface area contributed by atoms with Crippen molar-refractivity contribution in [1.82, 2.24) is 0 Å². The third-order valence-electron chi connectivity index (χ3n) is 3.15. The van der Waals surface area contributed by atoms with Crippen LogP contribution in [0.25, 0.3) is 0 Å². The standard InChI is InChI=1S/C16H17NOS/c1-11-5-3-6-12(2)15(11)10-18-14-8-4-7-13(9-14)16(17)19/h3-9H,10H2,1-2H3,(H2,17,19). The zero-order valence-corrected chi connectivity index (χ0v) is 12.0. The molecule has 2 N–H and O–H groups in total. The highest BCUT2D eigenvalue weighted by molar-refractivity contribution is 7.80. The lowest BCUT2D eigenvalue weighted by Gasteiger charge is -2.12. The zero-order chi connectivity index (χ0) is 13.8. The summed E-state index contributed by atoms with van der Waals surface area (Å²) >= 11 is 4.96. The summed E-state index contributed by atoms with van der Waals surface area (Å²) in [7, 11) is 0. The minimum atomic E-state index is 0.387. The molecule has 2 nitrogen and oxygen atoms in total. The zero-order valence-electron chi connectivity index (χ0n) is 11.1. The molecule has 0 saturated heterocycles. The van der Waals surface area contributed by atoms with Crippen LogP contribution in [0.5, 0.6) is 5.75 Å². The average molecular weight is 271 g/mol. The average Bonchev–Trinajstić information content (AvgIpc) is 2.38. The number of ether oxygens (including phenoxy) is 1. The number of rotatable bonds is 4. The molecule has 0 fully saturated rings. The van der Waals surface area contributed by atoms with Crippen molar-refractivity contribution in [2.75, 3.05) is 0 Å². The van der Waals surface area contributed by atoms with Crippen LogP contribution in [0.1, 0.15) is 22.3 Å². The third kappa shape index (κ3) is 3.32. The van der Waals surface area contributed by atoms with Crippen LogP contribution in [-0.4, -0.2) is 4.99 Å². The Morgan fingerprint density at radius 2 is 1.74 bits per heavy atom. The van der Waals surface area contributed by atoms with Gasteiger partial charge >= 0.3 is 0 Å². The van der Waals surface area contributed by atoms with Crippen molar-refractivity contribution in [3.05, 3.63) is 64.7 Å². The van der Waals surface area contributed by atoms with E-state index < -0.39 is 0 Å². The van der Waals surface area contributed by atoms with E-state index in [0.29, 0.717) is 11.6 Å². The number of thiocarbonyl (C=S) groups is 1. The smallest absolute Gasteiger partial charge is 0.120 e.